The molecular weight excluding hydrogens is 227 g/mol. The summed E-state index contributed by atoms with van der Waals surface area (Å²) in [7, 11) is 0. The van der Waals surface area contributed by atoms with Crippen molar-refractivity contribution in [3.05, 3.63) is 35.9 Å². The fourth-order valence-electron chi connectivity index (χ4n) is 2.74. The Kier molecular flexibility index (Phi) is 3.74. The van der Waals surface area contributed by atoms with Crippen LogP contribution in [0.4, 0.5) is 4.39 Å². The van der Waals surface area contributed by atoms with Gasteiger partial charge < -0.3 is 5.32 Å². The van der Waals surface area contributed by atoms with Crippen molar-refractivity contribution in [3.63, 3.8) is 0 Å². The molecule has 3 heteroatoms. The predicted molar refractivity (Wildman–Crippen MR) is 73.4 cm³/mol. The third-order valence-corrected chi connectivity index (χ3v) is 3.95. The number of nitrogens with zero attached hydrogens (tertiary/aromatic N) is 1. The zero-order valence-corrected chi connectivity index (χ0v) is 11.5. The maximum absolute atomic E-state index is 12.8. The molecule has 1 aromatic rings. The third-order valence-electron chi connectivity index (χ3n) is 3.95. The molecule has 18 heavy (non-hydrogen) atoms. The van der Waals surface area contributed by atoms with Crippen LogP contribution in [-0.4, -0.2) is 36.7 Å². The van der Waals surface area contributed by atoms with Crippen molar-refractivity contribution in [2.45, 2.75) is 31.8 Å². The summed E-state index contributed by atoms with van der Waals surface area (Å²) >= 11 is 0. The van der Waals surface area contributed by atoms with Crippen molar-refractivity contribution in [2.24, 2.45) is 0 Å². The van der Waals surface area contributed by atoms with Gasteiger partial charge in [-0.05, 0) is 26.3 Å². The SMILES string of the molecule is CC1(C)CN(CCF)C(C)(c2ccccc2)CN1. The Labute approximate surface area is 109 Å². The lowest BCUT2D eigenvalue weighted by atomic mass is 9.84. The third kappa shape index (κ3) is 2.57. The molecule has 0 amide bonds. The first-order valence-corrected chi connectivity index (χ1v) is 6.59. The van der Waals surface area contributed by atoms with Gasteiger partial charge >= 0.3 is 0 Å². The van der Waals surface area contributed by atoms with Gasteiger partial charge in [-0.25, -0.2) is 4.39 Å². The van der Waals surface area contributed by atoms with Crippen LogP contribution in [0.25, 0.3) is 0 Å². The van der Waals surface area contributed by atoms with Crippen LogP contribution in [0.5, 0.6) is 0 Å². The number of hydrogen-bond donors (Lipinski definition) is 1. The molecule has 1 atom stereocenters. The van der Waals surface area contributed by atoms with Crippen molar-refractivity contribution in [2.75, 3.05) is 26.3 Å². The molecule has 2 rings (SSSR count). The van der Waals surface area contributed by atoms with Gasteiger partial charge in [0.15, 0.2) is 0 Å². The molecule has 1 aliphatic heterocycles. The number of piperazine rings is 1. The number of rotatable bonds is 3. The van der Waals surface area contributed by atoms with Gasteiger partial charge in [0.25, 0.3) is 0 Å². The van der Waals surface area contributed by atoms with Gasteiger partial charge in [-0.2, -0.15) is 0 Å². The lowest BCUT2D eigenvalue weighted by Crippen LogP contribution is -2.65. The standard InChI is InChI=1S/C15H23FN2/c1-14(2)12-18(10-9-16)15(3,11-17-14)13-7-5-4-6-8-13/h4-8,17H,9-12H2,1-3H3. The first kappa shape index (κ1) is 13.5. The van der Waals surface area contributed by atoms with Crippen molar-refractivity contribution in [1.82, 2.24) is 10.2 Å². The highest BCUT2D eigenvalue weighted by Crippen LogP contribution is 2.32. The van der Waals surface area contributed by atoms with Gasteiger partial charge in [-0.1, -0.05) is 30.3 Å². The molecule has 0 aromatic heterocycles. The topological polar surface area (TPSA) is 15.3 Å². The van der Waals surface area contributed by atoms with Crippen molar-refractivity contribution >= 4 is 0 Å². The van der Waals surface area contributed by atoms with E-state index in [-0.39, 0.29) is 17.8 Å². The Morgan fingerprint density at radius 3 is 2.50 bits per heavy atom. The summed E-state index contributed by atoms with van der Waals surface area (Å²) in [6.07, 6.45) is 0. The summed E-state index contributed by atoms with van der Waals surface area (Å²) < 4.78 is 12.8. The lowest BCUT2D eigenvalue weighted by Gasteiger charge is -2.51. The van der Waals surface area contributed by atoms with Crippen LogP contribution in [0.1, 0.15) is 26.3 Å². The highest BCUT2D eigenvalue weighted by molar-refractivity contribution is 5.26. The van der Waals surface area contributed by atoms with Crippen LogP contribution in [0.2, 0.25) is 0 Å². The highest BCUT2D eigenvalue weighted by atomic mass is 19.1. The molecule has 0 spiro atoms. The van der Waals surface area contributed by atoms with E-state index in [0.29, 0.717) is 6.54 Å². The average Bonchev–Trinajstić information content (AvgIpc) is 2.35. The molecular formula is C15H23FN2. The van der Waals surface area contributed by atoms with E-state index in [1.54, 1.807) is 0 Å². The Morgan fingerprint density at radius 2 is 1.89 bits per heavy atom. The smallest absolute Gasteiger partial charge is 0.102 e. The second-order valence-electron chi connectivity index (χ2n) is 5.99. The molecule has 100 valence electrons. The van der Waals surface area contributed by atoms with Crippen LogP contribution >= 0.6 is 0 Å². The Morgan fingerprint density at radius 1 is 1.22 bits per heavy atom. The Bertz CT molecular complexity index is 391. The van der Waals surface area contributed by atoms with Crippen molar-refractivity contribution < 1.29 is 4.39 Å². The van der Waals surface area contributed by atoms with E-state index in [1.165, 1.54) is 5.56 Å². The van der Waals surface area contributed by atoms with Gasteiger partial charge in [0.05, 0.1) is 5.54 Å². The second-order valence-corrected chi connectivity index (χ2v) is 5.99. The van der Waals surface area contributed by atoms with E-state index in [0.717, 1.165) is 13.1 Å². The zero-order valence-electron chi connectivity index (χ0n) is 11.5. The second kappa shape index (κ2) is 4.98. The number of benzene rings is 1. The zero-order chi connectivity index (χ0) is 13.2. The molecule has 1 N–H and O–H groups in total. The maximum atomic E-state index is 12.8. The monoisotopic (exact) mass is 250 g/mol. The van der Waals surface area contributed by atoms with Gasteiger partial charge in [-0.3, -0.25) is 4.90 Å². The highest BCUT2D eigenvalue weighted by Gasteiger charge is 2.41. The molecule has 0 aliphatic carbocycles. The summed E-state index contributed by atoms with van der Waals surface area (Å²) in [5.74, 6) is 0. The molecule has 0 saturated carbocycles. The molecule has 1 aromatic carbocycles. The van der Waals surface area contributed by atoms with E-state index < -0.39 is 0 Å². The fourth-order valence-corrected chi connectivity index (χ4v) is 2.74. The molecule has 1 saturated heterocycles. The predicted octanol–water partition coefficient (Wildman–Crippen LogP) is 2.56. The van der Waals surface area contributed by atoms with E-state index in [1.807, 2.05) is 18.2 Å². The number of halogens is 1. The van der Waals surface area contributed by atoms with Crippen LogP contribution < -0.4 is 5.32 Å². The van der Waals surface area contributed by atoms with Crippen LogP contribution in [0.3, 0.4) is 0 Å². The van der Waals surface area contributed by atoms with Crippen molar-refractivity contribution in [3.8, 4) is 0 Å². The minimum Gasteiger partial charge on any atom is -0.308 e. The molecule has 2 nitrogen and oxygen atoms in total. The van der Waals surface area contributed by atoms with E-state index in [2.05, 4.69) is 43.1 Å². The molecule has 0 radical (unpaired) electrons. The molecule has 1 fully saturated rings. The summed E-state index contributed by atoms with van der Waals surface area (Å²) in [6, 6.07) is 10.4. The normalized spacial score (nSPS) is 28.2. The minimum absolute atomic E-state index is 0.0451. The molecule has 1 unspecified atom stereocenters. The first-order chi connectivity index (χ1) is 8.48. The summed E-state index contributed by atoms with van der Waals surface area (Å²) in [5.41, 5.74) is 1.17. The van der Waals surface area contributed by atoms with Crippen LogP contribution in [0.15, 0.2) is 30.3 Å². The fraction of sp³-hybridized carbons (Fsp3) is 0.600. The van der Waals surface area contributed by atoms with E-state index >= 15 is 0 Å². The summed E-state index contributed by atoms with van der Waals surface area (Å²) in [5, 5.41) is 3.57. The summed E-state index contributed by atoms with van der Waals surface area (Å²) in [4.78, 5) is 2.26. The lowest BCUT2D eigenvalue weighted by molar-refractivity contribution is 0.0199. The van der Waals surface area contributed by atoms with E-state index in [4.69, 9.17) is 0 Å². The van der Waals surface area contributed by atoms with Gasteiger partial charge in [0.1, 0.15) is 6.67 Å². The average molecular weight is 250 g/mol. The number of alkyl halides is 1. The number of nitrogens with one attached hydrogen (secondary N) is 1. The van der Waals surface area contributed by atoms with Crippen LogP contribution in [-0.2, 0) is 5.54 Å². The molecule has 0 bridgehead atoms. The van der Waals surface area contributed by atoms with E-state index in [9.17, 15) is 4.39 Å². The largest absolute Gasteiger partial charge is 0.308 e. The van der Waals surface area contributed by atoms with Crippen LogP contribution in [0, 0.1) is 0 Å². The van der Waals surface area contributed by atoms with Crippen molar-refractivity contribution in [1.29, 1.82) is 0 Å². The van der Waals surface area contributed by atoms with Gasteiger partial charge in [-0.15, -0.1) is 0 Å². The minimum atomic E-state index is -0.293. The van der Waals surface area contributed by atoms with Gasteiger partial charge in [0.2, 0.25) is 0 Å². The van der Waals surface area contributed by atoms with Gasteiger partial charge in [0, 0.05) is 25.2 Å². The molecule has 1 heterocycles. The quantitative estimate of drug-likeness (QED) is 0.887. The number of hydrogen-bond acceptors (Lipinski definition) is 2. The summed E-state index contributed by atoms with van der Waals surface area (Å²) in [6.45, 7) is 8.45. The Hall–Kier alpha value is -0.930. The maximum Gasteiger partial charge on any atom is 0.102 e. The Balaban J connectivity index is 2.29. The first-order valence-electron chi connectivity index (χ1n) is 6.59. The molecule has 1 aliphatic rings.